The van der Waals surface area contributed by atoms with Crippen molar-refractivity contribution in [1.82, 2.24) is 0 Å². The number of allylic oxidation sites excluding steroid dienone is 2. The van der Waals surface area contributed by atoms with Crippen LogP contribution in [-0.2, 0) is 19.0 Å². The van der Waals surface area contributed by atoms with Crippen LogP contribution in [0.25, 0.3) is 0 Å². The van der Waals surface area contributed by atoms with E-state index in [-0.39, 0.29) is 17.8 Å². The Bertz CT molecular complexity index is 500. The Morgan fingerprint density at radius 3 is 2.48 bits per heavy atom. The smallest absolute Gasteiger partial charge is 0.305 e. The van der Waals surface area contributed by atoms with Gasteiger partial charge in [0.15, 0.2) is 5.79 Å². The minimum atomic E-state index is -0.503. The molecular weight excluding hydrogens is 372 g/mol. The van der Waals surface area contributed by atoms with E-state index in [9.17, 15) is 15.0 Å². The third-order valence-corrected chi connectivity index (χ3v) is 6.41. The second-order valence-electron chi connectivity index (χ2n) is 8.48. The average Bonchev–Trinajstić information content (AvgIpc) is 3.27. The molecule has 0 radical (unpaired) electrons. The molecule has 6 nitrogen and oxygen atoms in total. The lowest BCUT2D eigenvalue weighted by Crippen LogP contribution is -2.33. The zero-order valence-corrected chi connectivity index (χ0v) is 18.2. The molecule has 1 aliphatic carbocycles. The molecule has 0 spiro atoms. The number of esters is 1. The van der Waals surface area contributed by atoms with Crippen LogP contribution >= 0.6 is 0 Å². The van der Waals surface area contributed by atoms with Crippen LogP contribution in [0, 0.1) is 11.8 Å². The topological polar surface area (TPSA) is 85.2 Å². The molecular formula is C23H40O6. The molecule has 0 amide bonds. The molecule has 4 atom stereocenters. The monoisotopic (exact) mass is 412 g/mol. The Morgan fingerprint density at radius 1 is 1.07 bits per heavy atom. The zero-order chi connectivity index (χ0) is 21.1. The van der Waals surface area contributed by atoms with Crippen LogP contribution in [0.3, 0.4) is 0 Å². The highest BCUT2D eigenvalue weighted by Crippen LogP contribution is 2.41. The normalized spacial score (nSPS) is 29.0. The molecule has 0 aromatic heterocycles. The van der Waals surface area contributed by atoms with Gasteiger partial charge in [0.1, 0.15) is 0 Å². The van der Waals surface area contributed by atoms with Gasteiger partial charge in [-0.2, -0.15) is 0 Å². The third kappa shape index (κ3) is 7.67. The minimum Gasteiger partial charge on any atom is -0.469 e. The molecule has 0 aromatic rings. The summed E-state index contributed by atoms with van der Waals surface area (Å²) in [6, 6.07) is 0. The third-order valence-electron chi connectivity index (χ3n) is 6.41. The fourth-order valence-electron chi connectivity index (χ4n) is 4.69. The van der Waals surface area contributed by atoms with Crippen molar-refractivity contribution in [3.8, 4) is 0 Å². The number of methoxy groups -OCH3 is 1. The quantitative estimate of drug-likeness (QED) is 0.272. The lowest BCUT2D eigenvalue weighted by molar-refractivity contribution is -0.171. The number of carbonyl (C=O) groups is 1. The van der Waals surface area contributed by atoms with Crippen molar-refractivity contribution in [3.05, 3.63) is 12.2 Å². The molecule has 29 heavy (non-hydrogen) atoms. The summed E-state index contributed by atoms with van der Waals surface area (Å²) in [6.07, 6.45) is 12.3. The molecule has 1 unspecified atom stereocenters. The molecule has 1 saturated heterocycles. The van der Waals surface area contributed by atoms with Gasteiger partial charge in [-0.1, -0.05) is 31.9 Å². The van der Waals surface area contributed by atoms with Gasteiger partial charge in [-0.05, 0) is 50.4 Å². The van der Waals surface area contributed by atoms with E-state index in [4.69, 9.17) is 9.47 Å². The summed E-state index contributed by atoms with van der Waals surface area (Å²) in [7, 11) is 1.40. The summed E-state index contributed by atoms with van der Waals surface area (Å²) >= 11 is 0. The molecule has 1 aliphatic heterocycles. The standard InChI is InChI=1S/C23H40O6/c1-3-4-9-13-23(28-15-16-29-23)14-12-19-18(20(24)17-21(19)25)10-7-5-6-8-11-22(26)27-2/h5,7,18-21,24-25H,3-4,6,8-17H2,1-2H3/b7-5-/t18-,19-,20+,21?/m1/s1. The molecule has 6 heteroatoms. The van der Waals surface area contributed by atoms with Gasteiger partial charge in [-0.15, -0.1) is 0 Å². The number of hydrogen-bond acceptors (Lipinski definition) is 6. The van der Waals surface area contributed by atoms with Gasteiger partial charge in [-0.25, -0.2) is 0 Å². The zero-order valence-electron chi connectivity index (χ0n) is 18.2. The average molecular weight is 413 g/mol. The second-order valence-corrected chi connectivity index (χ2v) is 8.48. The van der Waals surface area contributed by atoms with Crippen molar-refractivity contribution in [2.75, 3.05) is 20.3 Å². The van der Waals surface area contributed by atoms with Crippen LogP contribution in [-0.4, -0.2) is 54.5 Å². The highest BCUT2D eigenvalue weighted by molar-refractivity contribution is 5.69. The lowest BCUT2D eigenvalue weighted by Gasteiger charge is -2.31. The van der Waals surface area contributed by atoms with Crippen LogP contribution in [0.15, 0.2) is 12.2 Å². The second kappa shape index (κ2) is 12.7. The van der Waals surface area contributed by atoms with Crippen molar-refractivity contribution >= 4 is 5.97 Å². The van der Waals surface area contributed by atoms with Gasteiger partial charge in [0.2, 0.25) is 0 Å². The summed E-state index contributed by atoms with van der Waals surface area (Å²) in [5, 5.41) is 21.0. The number of carbonyl (C=O) groups excluding carboxylic acids is 1. The highest BCUT2D eigenvalue weighted by Gasteiger charge is 2.43. The summed E-state index contributed by atoms with van der Waals surface area (Å²) in [4.78, 5) is 11.1. The Morgan fingerprint density at radius 2 is 1.79 bits per heavy atom. The van der Waals surface area contributed by atoms with Gasteiger partial charge in [0.25, 0.3) is 0 Å². The summed E-state index contributed by atoms with van der Waals surface area (Å²) in [5.41, 5.74) is 0. The van der Waals surface area contributed by atoms with Crippen molar-refractivity contribution in [3.63, 3.8) is 0 Å². The molecule has 0 bridgehead atoms. The first-order chi connectivity index (χ1) is 14.0. The summed E-state index contributed by atoms with van der Waals surface area (Å²) < 4.78 is 16.6. The van der Waals surface area contributed by atoms with Crippen molar-refractivity contribution < 1.29 is 29.2 Å². The highest BCUT2D eigenvalue weighted by atomic mass is 16.7. The maximum absolute atomic E-state index is 11.1. The molecule has 168 valence electrons. The Hall–Kier alpha value is -0.950. The molecule has 1 saturated carbocycles. The Labute approximate surface area is 175 Å². The van der Waals surface area contributed by atoms with Crippen LogP contribution < -0.4 is 0 Å². The van der Waals surface area contributed by atoms with Crippen LogP contribution in [0.1, 0.15) is 77.6 Å². The summed E-state index contributed by atoms with van der Waals surface area (Å²) in [5.74, 6) is -0.579. The largest absolute Gasteiger partial charge is 0.469 e. The number of aliphatic hydroxyl groups excluding tert-OH is 2. The fourth-order valence-corrected chi connectivity index (χ4v) is 4.69. The molecule has 2 N–H and O–H groups in total. The van der Waals surface area contributed by atoms with Gasteiger partial charge in [0, 0.05) is 19.3 Å². The number of ether oxygens (including phenoxy) is 3. The van der Waals surface area contributed by atoms with E-state index < -0.39 is 18.0 Å². The lowest BCUT2D eigenvalue weighted by atomic mass is 9.85. The van der Waals surface area contributed by atoms with Crippen molar-refractivity contribution in [1.29, 1.82) is 0 Å². The predicted molar refractivity (Wildman–Crippen MR) is 111 cm³/mol. The summed E-state index contributed by atoms with van der Waals surface area (Å²) in [6.45, 7) is 3.46. The van der Waals surface area contributed by atoms with E-state index >= 15 is 0 Å². The van der Waals surface area contributed by atoms with Crippen LogP contribution in [0.5, 0.6) is 0 Å². The molecule has 2 rings (SSSR count). The fraction of sp³-hybridized carbons (Fsp3) is 0.870. The molecule has 1 heterocycles. The van der Waals surface area contributed by atoms with Gasteiger partial charge in [-0.3, -0.25) is 4.79 Å². The number of rotatable bonds is 13. The first-order valence-corrected chi connectivity index (χ1v) is 11.4. The van der Waals surface area contributed by atoms with Gasteiger partial charge >= 0.3 is 5.97 Å². The van der Waals surface area contributed by atoms with E-state index in [0.717, 1.165) is 51.4 Å². The maximum atomic E-state index is 11.1. The van der Waals surface area contributed by atoms with E-state index in [1.807, 2.05) is 0 Å². The van der Waals surface area contributed by atoms with Crippen molar-refractivity contribution in [2.24, 2.45) is 11.8 Å². The van der Waals surface area contributed by atoms with E-state index in [1.54, 1.807) is 0 Å². The van der Waals surface area contributed by atoms with Crippen LogP contribution in [0.4, 0.5) is 0 Å². The Kier molecular flexibility index (Phi) is 10.6. The predicted octanol–water partition coefficient (Wildman–Crippen LogP) is 3.74. The van der Waals surface area contributed by atoms with Crippen LogP contribution in [0.2, 0.25) is 0 Å². The van der Waals surface area contributed by atoms with Gasteiger partial charge < -0.3 is 24.4 Å². The maximum Gasteiger partial charge on any atom is 0.305 e. The van der Waals surface area contributed by atoms with E-state index in [2.05, 4.69) is 23.8 Å². The molecule has 2 fully saturated rings. The first-order valence-electron chi connectivity index (χ1n) is 11.4. The molecule has 2 aliphatic rings. The SMILES string of the molecule is CCCCCC1(CC[C@H]2C(O)C[C@H](O)[C@@H]2C/C=C\CCCC(=O)OC)OCCO1. The number of hydrogen-bond donors (Lipinski definition) is 2. The Balaban J connectivity index is 1.82. The van der Waals surface area contributed by atoms with Crippen molar-refractivity contribution in [2.45, 2.75) is 95.5 Å². The first kappa shape index (κ1) is 24.3. The van der Waals surface area contributed by atoms with E-state index in [0.29, 0.717) is 26.1 Å². The number of aliphatic hydroxyl groups is 2. The van der Waals surface area contributed by atoms with E-state index in [1.165, 1.54) is 13.5 Å². The number of unbranched alkanes of at least 4 members (excludes halogenated alkanes) is 3. The van der Waals surface area contributed by atoms with Gasteiger partial charge in [0.05, 0.1) is 32.5 Å². The minimum absolute atomic E-state index is 0.0518. The molecule has 0 aromatic carbocycles.